The van der Waals surface area contributed by atoms with Crippen molar-refractivity contribution in [1.29, 1.82) is 0 Å². The van der Waals surface area contributed by atoms with Gasteiger partial charge >= 0.3 is 0 Å². The van der Waals surface area contributed by atoms with Crippen LogP contribution in [0.2, 0.25) is 0 Å². The molecule has 4 aliphatic rings. The Labute approximate surface area is 135 Å². The summed E-state index contributed by atoms with van der Waals surface area (Å²) in [6.07, 6.45) is 7.97. The summed E-state index contributed by atoms with van der Waals surface area (Å²) in [6.45, 7) is 0. The van der Waals surface area contributed by atoms with Crippen LogP contribution in [0.4, 0.5) is 0 Å². The van der Waals surface area contributed by atoms with Gasteiger partial charge in [-0.2, -0.15) is 10.1 Å². The lowest BCUT2D eigenvalue weighted by Gasteiger charge is -2.55. The minimum absolute atomic E-state index is 0.162. The second kappa shape index (κ2) is 4.58. The summed E-state index contributed by atoms with van der Waals surface area (Å²) in [7, 11) is 3.48. The van der Waals surface area contributed by atoms with Gasteiger partial charge in [-0.25, -0.2) is 4.68 Å². The molecule has 23 heavy (non-hydrogen) atoms. The fourth-order valence-corrected chi connectivity index (χ4v) is 5.67. The fraction of sp³-hybridized carbons (Fsp3) is 0.706. The molecule has 0 aliphatic heterocycles. The van der Waals surface area contributed by atoms with E-state index in [2.05, 4.69) is 10.3 Å². The molecule has 0 spiro atoms. The molecule has 0 atom stereocenters. The van der Waals surface area contributed by atoms with Crippen molar-refractivity contribution < 1.29 is 9.26 Å². The number of aromatic nitrogens is 4. The molecule has 2 aromatic rings. The highest BCUT2D eigenvalue weighted by Gasteiger charge is 2.53. The zero-order chi connectivity index (χ0) is 15.6. The number of hydrogen-bond donors (Lipinski definition) is 0. The highest BCUT2D eigenvalue weighted by molar-refractivity contribution is 5.48. The first-order valence-electron chi connectivity index (χ1n) is 8.58. The maximum absolute atomic E-state index is 5.56. The first-order valence-corrected chi connectivity index (χ1v) is 8.58. The van der Waals surface area contributed by atoms with Gasteiger partial charge in [-0.1, -0.05) is 5.16 Å². The predicted molar refractivity (Wildman–Crippen MR) is 82.9 cm³/mol. The summed E-state index contributed by atoms with van der Waals surface area (Å²) in [5.41, 5.74) is 0.850. The zero-order valence-corrected chi connectivity index (χ0v) is 13.7. The Morgan fingerprint density at radius 3 is 2.39 bits per heavy atom. The van der Waals surface area contributed by atoms with Gasteiger partial charge in [0.15, 0.2) is 11.5 Å². The Morgan fingerprint density at radius 1 is 1.17 bits per heavy atom. The molecule has 0 aromatic carbocycles. The van der Waals surface area contributed by atoms with Gasteiger partial charge in [0.2, 0.25) is 5.88 Å². The van der Waals surface area contributed by atoms with Crippen LogP contribution in [0.15, 0.2) is 10.6 Å². The molecule has 4 aliphatic carbocycles. The van der Waals surface area contributed by atoms with Crippen molar-refractivity contribution in [3.8, 4) is 17.5 Å². The van der Waals surface area contributed by atoms with Gasteiger partial charge in [-0.05, 0) is 56.3 Å². The van der Waals surface area contributed by atoms with Crippen molar-refractivity contribution in [2.24, 2.45) is 24.8 Å². The summed E-state index contributed by atoms with van der Waals surface area (Å²) in [4.78, 5) is 4.75. The van der Waals surface area contributed by atoms with E-state index < -0.39 is 0 Å². The first kappa shape index (κ1) is 13.6. The molecule has 0 radical (unpaired) electrons. The Hall–Kier alpha value is -1.85. The summed E-state index contributed by atoms with van der Waals surface area (Å²) in [5.74, 6) is 4.73. The van der Waals surface area contributed by atoms with Crippen molar-refractivity contribution in [2.45, 2.75) is 43.9 Å². The van der Waals surface area contributed by atoms with Gasteiger partial charge in [-0.15, -0.1) is 0 Å². The second-order valence-corrected chi connectivity index (χ2v) is 7.82. The highest BCUT2D eigenvalue weighted by atomic mass is 16.5. The van der Waals surface area contributed by atoms with Crippen molar-refractivity contribution in [3.05, 3.63) is 11.9 Å². The van der Waals surface area contributed by atoms with Crippen LogP contribution in [0.5, 0.6) is 5.88 Å². The van der Waals surface area contributed by atoms with Crippen molar-refractivity contribution in [2.75, 3.05) is 7.11 Å². The second-order valence-electron chi connectivity index (χ2n) is 7.82. The van der Waals surface area contributed by atoms with Gasteiger partial charge in [0.05, 0.1) is 7.11 Å². The van der Waals surface area contributed by atoms with E-state index in [-0.39, 0.29) is 5.41 Å². The SMILES string of the molecule is COc1cc(-c2nc(C34CC5CC(CC(C5)C3)C4)no2)nn1C. The van der Waals surface area contributed by atoms with E-state index >= 15 is 0 Å². The zero-order valence-electron chi connectivity index (χ0n) is 13.7. The van der Waals surface area contributed by atoms with Gasteiger partial charge < -0.3 is 9.26 Å². The Balaban J connectivity index is 1.49. The molecule has 122 valence electrons. The average Bonchev–Trinajstić information content (AvgIpc) is 3.12. The topological polar surface area (TPSA) is 66.0 Å². The minimum Gasteiger partial charge on any atom is -0.481 e. The molecule has 0 saturated heterocycles. The lowest BCUT2D eigenvalue weighted by molar-refractivity contribution is -0.0103. The van der Waals surface area contributed by atoms with Gasteiger partial charge in [-0.3, -0.25) is 0 Å². The first-order chi connectivity index (χ1) is 11.1. The molecule has 0 amide bonds. The molecule has 4 fully saturated rings. The summed E-state index contributed by atoms with van der Waals surface area (Å²) >= 11 is 0. The van der Waals surface area contributed by atoms with Gasteiger partial charge in [0, 0.05) is 18.5 Å². The maximum atomic E-state index is 5.56. The number of nitrogens with zero attached hydrogens (tertiary/aromatic N) is 4. The van der Waals surface area contributed by atoms with E-state index in [4.69, 9.17) is 14.2 Å². The quantitative estimate of drug-likeness (QED) is 0.871. The predicted octanol–water partition coefficient (Wildman–Crippen LogP) is 2.95. The van der Waals surface area contributed by atoms with E-state index in [1.165, 1.54) is 38.5 Å². The lowest BCUT2D eigenvalue weighted by Crippen LogP contribution is -2.49. The Bertz CT molecular complexity index is 712. The summed E-state index contributed by atoms with van der Waals surface area (Å²) in [6, 6.07) is 1.84. The standard InChI is InChI=1S/C17H22N4O2/c1-21-14(22-2)6-13(19-21)15-18-16(20-23-15)17-7-10-3-11(8-17)5-12(4-10)9-17/h6,10-12H,3-5,7-9H2,1-2H3. The smallest absolute Gasteiger partial charge is 0.278 e. The number of ether oxygens (including phenoxy) is 1. The molecule has 0 N–H and O–H groups in total. The third-order valence-corrected chi connectivity index (χ3v) is 6.20. The Kier molecular flexibility index (Phi) is 2.71. The van der Waals surface area contributed by atoms with Gasteiger partial charge in [0.25, 0.3) is 5.89 Å². The van der Waals surface area contributed by atoms with Crippen LogP contribution < -0.4 is 4.74 Å². The van der Waals surface area contributed by atoms with Crippen molar-refractivity contribution in [1.82, 2.24) is 19.9 Å². The molecule has 4 bridgehead atoms. The number of aryl methyl sites for hydroxylation is 1. The molecule has 6 rings (SSSR count). The number of methoxy groups -OCH3 is 1. The van der Waals surface area contributed by atoms with Crippen LogP contribution in [-0.2, 0) is 12.5 Å². The van der Waals surface area contributed by atoms with E-state index in [1.807, 2.05) is 13.1 Å². The largest absolute Gasteiger partial charge is 0.481 e. The minimum atomic E-state index is 0.162. The van der Waals surface area contributed by atoms with E-state index in [9.17, 15) is 0 Å². The molecule has 2 aromatic heterocycles. The van der Waals surface area contributed by atoms with Crippen LogP contribution >= 0.6 is 0 Å². The molecule has 6 heteroatoms. The van der Waals surface area contributed by atoms with E-state index in [0.717, 1.165) is 23.6 Å². The average molecular weight is 314 g/mol. The van der Waals surface area contributed by atoms with E-state index in [1.54, 1.807) is 11.8 Å². The van der Waals surface area contributed by atoms with Gasteiger partial charge in [0.1, 0.15) is 0 Å². The normalized spacial score (nSPS) is 35.0. The van der Waals surface area contributed by atoms with Crippen LogP contribution in [0, 0.1) is 17.8 Å². The molecule has 6 nitrogen and oxygen atoms in total. The molecule has 2 heterocycles. The van der Waals surface area contributed by atoms with Crippen LogP contribution in [0.3, 0.4) is 0 Å². The third kappa shape index (κ3) is 1.96. The fourth-order valence-electron chi connectivity index (χ4n) is 5.67. The summed E-state index contributed by atoms with van der Waals surface area (Å²) in [5, 5.41) is 8.78. The maximum Gasteiger partial charge on any atom is 0.278 e. The number of hydrogen-bond acceptors (Lipinski definition) is 5. The molecule has 4 saturated carbocycles. The Morgan fingerprint density at radius 2 is 1.83 bits per heavy atom. The summed E-state index contributed by atoms with van der Waals surface area (Å²) < 4.78 is 12.5. The van der Waals surface area contributed by atoms with Crippen molar-refractivity contribution in [3.63, 3.8) is 0 Å². The molecule has 0 unspecified atom stereocenters. The molecular weight excluding hydrogens is 292 g/mol. The lowest BCUT2D eigenvalue weighted by atomic mass is 9.49. The molecular formula is C17H22N4O2. The van der Waals surface area contributed by atoms with Crippen LogP contribution in [0.25, 0.3) is 11.6 Å². The van der Waals surface area contributed by atoms with Crippen LogP contribution in [-0.4, -0.2) is 27.0 Å². The highest BCUT2D eigenvalue weighted by Crippen LogP contribution is 2.60. The van der Waals surface area contributed by atoms with Crippen LogP contribution in [0.1, 0.15) is 44.3 Å². The van der Waals surface area contributed by atoms with E-state index in [0.29, 0.717) is 17.5 Å². The monoisotopic (exact) mass is 314 g/mol. The number of rotatable bonds is 3. The third-order valence-electron chi connectivity index (χ3n) is 6.20. The van der Waals surface area contributed by atoms with Crippen molar-refractivity contribution >= 4 is 0 Å².